The number of nitrogens with two attached hydrogens (primary N) is 1. The molecule has 3 fully saturated rings. The van der Waals surface area contributed by atoms with E-state index in [0.29, 0.717) is 50.9 Å². The average molecular weight is 867 g/mol. The minimum atomic E-state index is -0.365. The highest BCUT2D eigenvalue weighted by atomic mass is 16.6. The van der Waals surface area contributed by atoms with Crippen molar-refractivity contribution in [3.8, 4) is 0 Å². The van der Waals surface area contributed by atoms with E-state index in [2.05, 4.69) is 58.3 Å². The van der Waals surface area contributed by atoms with Crippen molar-refractivity contribution in [1.29, 1.82) is 0 Å². The standard InChI is InChI=1S/C54H98N4O4/c1-7-8-9-10-11-12-13-14-15-16-17-18-19-20-21-27-51(60)58(41-50(59)56-37-23-36-55)39-24-38-57-52(61)62-45-32-34-53(5)44(40-45)28-29-46-48-31-30-47(43(4)26-22-25-42(2)3)54(48,6)35-33-49(46)53/h28,42-43,45-49H,7-27,29-41,55H2,1-6H3,(H,56,59)(H,57,61)/t43-,45+,46+,47-,48+,49+,53+,54-/m1/s1. The largest absolute Gasteiger partial charge is 0.446 e. The number of carbonyl (C=O) groups excluding carboxylic acids is 3. The molecule has 62 heavy (non-hydrogen) atoms. The van der Waals surface area contributed by atoms with Crippen LogP contribution < -0.4 is 16.4 Å². The lowest BCUT2D eigenvalue weighted by molar-refractivity contribution is -0.136. The number of hydrogen-bond donors (Lipinski definition) is 3. The minimum Gasteiger partial charge on any atom is -0.446 e. The van der Waals surface area contributed by atoms with Gasteiger partial charge in [-0.05, 0) is 117 Å². The quantitative estimate of drug-likeness (QED) is 0.0474. The number of alkyl carbamates (subject to hydrolysis) is 1. The van der Waals surface area contributed by atoms with Crippen LogP contribution in [0.15, 0.2) is 11.6 Å². The number of nitrogens with zero attached hydrogens (tertiary/aromatic N) is 1. The van der Waals surface area contributed by atoms with E-state index in [0.717, 1.165) is 74.0 Å². The second-order valence-corrected chi connectivity index (χ2v) is 21.8. The van der Waals surface area contributed by atoms with Crippen molar-refractivity contribution in [2.45, 2.75) is 234 Å². The molecule has 358 valence electrons. The Balaban J connectivity index is 1.14. The summed E-state index contributed by atoms with van der Waals surface area (Å²) in [6.07, 6.45) is 36.9. The normalized spacial score (nSPS) is 27.2. The lowest BCUT2D eigenvalue weighted by Crippen LogP contribution is -2.51. The summed E-state index contributed by atoms with van der Waals surface area (Å²) in [4.78, 5) is 40.8. The SMILES string of the molecule is CCCCCCCCCCCCCCCCCC(=O)N(CCCNC(=O)O[C@H]1CC[C@@]2(C)C(=CC[C@H]3[C@@H]4CC[C@H]([C@H](C)CCCC(C)C)[C@@]4(C)CC[C@@H]32)C1)CC(=O)NCCCN. The Labute approximate surface area is 381 Å². The van der Waals surface area contributed by atoms with Gasteiger partial charge in [0.15, 0.2) is 0 Å². The zero-order chi connectivity index (χ0) is 44.8. The maximum Gasteiger partial charge on any atom is 0.407 e. The summed E-state index contributed by atoms with van der Waals surface area (Å²) in [6, 6.07) is 0. The van der Waals surface area contributed by atoms with E-state index in [9.17, 15) is 14.4 Å². The minimum absolute atomic E-state index is 0.0199. The van der Waals surface area contributed by atoms with Gasteiger partial charge in [-0.15, -0.1) is 0 Å². The van der Waals surface area contributed by atoms with Crippen LogP contribution in [-0.4, -0.2) is 61.6 Å². The second-order valence-electron chi connectivity index (χ2n) is 21.8. The van der Waals surface area contributed by atoms with Crippen LogP contribution in [0.25, 0.3) is 0 Å². The topological polar surface area (TPSA) is 114 Å². The molecular weight excluding hydrogens is 769 g/mol. The van der Waals surface area contributed by atoms with E-state index in [-0.39, 0.29) is 36.0 Å². The van der Waals surface area contributed by atoms with E-state index in [1.165, 1.54) is 134 Å². The first kappa shape index (κ1) is 52.5. The third-order valence-electron chi connectivity index (χ3n) is 16.8. The van der Waals surface area contributed by atoms with Crippen molar-refractivity contribution in [1.82, 2.24) is 15.5 Å². The van der Waals surface area contributed by atoms with Crippen LogP contribution in [-0.2, 0) is 14.3 Å². The summed E-state index contributed by atoms with van der Waals surface area (Å²) in [5.41, 5.74) is 7.87. The molecule has 0 aliphatic heterocycles. The number of ether oxygens (including phenoxy) is 1. The van der Waals surface area contributed by atoms with Crippen molar-refractivity contribution in [2.24, 2.45) is 52.1 Å². The van der Waals surface area contributed by atoms with Crippen molar-refractivity contribution >= 4 is 17.9 Å². The highest BCUT2D eigenvalue weighted by molar-refractivity contribution is 5.84. The van der Waals surface area contributed by atoms with Crippen LogP contribution in [0.3, 0.4) is 0 Å². The molecule has 8 heteroatoms. The molecule has 0 spiro atoms. The molecule has 4 N–H and O–H groups in total. The number of amides is 3. The molecule has 8 atom stereocenters. The zero-order valence-electron chi connectivity index (χ0n) is 41.3. The van der Waals surface area contributed by atoms with Crippen molar-refractivity contribution in [3.63, 3.8) is 0 Å². The molecule has 4 aliphatic rings. The highest BCUT2D eigenvalue weighted by Crippen LogP contribution is 2.67. The molecule has 0 unspecified atom stereocenters. The first-order valence-corrected chi connectivity index (χ1v) is 26.8. The third kappa shape index (κ3) is 16.4. The Hall–Kier alpha value is -2.09. The third-order valence-corrected chi connectivity index (χ3v) is 16.8. The second kappa shape index (κ2) is 28.1. The number of nitrogens with one attached hydrogen (secondary N) is 2. The fourth-order valence-electron chi connectivity index (χ4n) is 13.1. The van der Waals surface area contributed by atoms with E-state index < -0.39 is 0 Å². The first-order chi connectivity index (χ1) is 29.9. The predicted molar refractivity (Wildman–Crippen MR) is 259 cm³/mol. The van der Waals surface area contributed by atoms with Crippen molar-refractivity contribution in [3.05, 3.63) is 11.6 Å². The van der Waals surface area contributed by atoms with Gasteiger partial charge < -0.3 is 26.0 Å². The summed E-state index contributed by atoms with van der Waals surface area (Å²) in [7, 11) is 0. The van der Waals surface area contributed by atoms with Gasteiger partial charge in [-0.1, -0.05) is 162 Å². The first-order valence-electron chi connectivity index (χ1n) is 26.8. The van der Waals surface area contributed by atoms with E-state index >= 15 is 0 Å². The van der Waals surface area contributed by atoms with Crippen molar-refractivity contribution < 1.29 is 19.1 Å². The Bertz CT molecular complexity index is 1340. The average Bonchev–Trinajstić information content (AvgIpc) is 3.60. The molecule has 0 saturated heterocycles. The van der Waals surface area contributed by atoms with Gasteiger partial charge in [0.05, 0.1) is 6.54 Å². The Kier molecular flexibility index (Phi) is 23.8. The number of unbranched alkanes of at least 4 members (excludes halogenated alkanes) is 14. The summed E-state index contributed by atoms with van der Waals surface area (Å²) in [5, 5.41) is 5.87. The van der Waals surface area contributed by atoms with Crippen LogP contribution >= 0.6 is 0 Å². The van der Waals surface area contributed by atoms with Crippen LogP contribution in [0.2, 0.25) is 0 Å². The van der Waals surface area contributed by atoms with Gasteiger partial charge in [0.25, 0.3) is 0 Å². The van der Waals surface area contributed by atoms with Crippen LogP contribution in [0.4, 0.5) is 4.79 Å². The number of fused-ring (bicyclic) bond motifs is 5. The van der Waals surface area contributed by atoms with Gasteiger partial charge in [0.1, 0.15) is 6.10 Å². The van der Waals surface area contributed by atoms with Gasteiger partial charge in [-0.25, -0.2) is 4.79 Å². The number of carbonyl (C=O) groups is 3. The van der Waals surface area contributed by atoms with E-state index in [1.54, 1.807) is 4.90 Å². The molecule has 0 heterocycles. The molecule has 0 bridgehead atoms. The van der Waals surface area contributed by atoms with E-state index in [4.69, 9.17) is 10.5 Å². The summed E-state index contributed by atoms with van der Waals surface area (Å²) >= 11 is 0. The lowest BCUT2D eigenvalue weighted by Gasteiger charge is -2.58. The fraction of sp³-hybridized carbons (Fsp3) is 0.907. The predicted octanol–water partition coefficient (Wildman–Crippen LogP) is 13.1. The fourth-order valence-corrected chi connectivity index (χ4v) is 13.1. The molecule has 0 aromatic heterocycles. The molecule has 0 aromatic rings. The van der Waals surface area contributed by atoms with Crippen molar-refractivity contribution in [2.75, 3.05) is 32.7 Å². The summed E-state index contributed by atoms with van der Waals surface area (Å²) in [6.45, 7) is 16.7. The van der Waals surface area contributed by atoms with Crippen LogP contribution in [0.1, 0.15) is 228 Å². The molecule has 4 aliphatic carbocycles. The van der Waals surface area contributed by atoms with Gasteiger partial charge >= 0.3 is 6.09 Å². The van der Waals surface area contributed by atoms with Crippen LogP contribution in [0.5, 0.6) is 0 Å². The number of rotatable bonds is 31. The number of hydrogen-bond acceptors (Lipinski definition) is 5. The summed E-state index contributed by atoms with van der Waals surface area (Å²) < 4.78 is 6.06. The van der Waals surface area contributed by atoms with Gasteiger partial charge in [0.2, 0.25) is 11.8 Å². The van der Waals surface area contributed by atoms with Gasteiger partial charge in [-0.2, -0.15) is 0 Å². The monoisotopic (exact) mass is 867 g/mol. The molecule has 4 rings (SSSR count). The molecule has 3 saturated carbocycles. The smallest absolute Gasteiger partial charge is 0.407 e. The summed E-state index contributed by atoms with van der Waals surface area (Å²) in [5.74, 6) is 4.77. The van der Waals surface area contributed by atoms with E-state index in [1.807, 2.05) is 0 Å². The molecule has 0 aromatic carbocycles. The Morgan fingerprint density at radius 2 is 1.40 bits per heavy atom. The van der Waals surface area contributed by atoms with Crippen LogP contribution in [0, 0.1) is 46.3 Å². The number of allylic oxidation sites excluding steroid dienone is 1. The van der Waals surface area contributed by atoms with Gasteiger partial charge in [0, 0.05) is 32.5 Å². The Morgan fingerprint density at radius 1 is 0.758 bits per heavy atom. The molecule has 8 nitrogen and oxygen atoms in total. The lowest BCUT2D eigenvalue weighted by atomic mass is 9.47. The maximum absolute atomic E-state index is 13.3. The maximum atomic E-state index is 13.3. The highest BCUT2D eigenvalue weighted by Gasteiger charge is 2.59. The molecule has 3 amide bonds. The van der Waals surface area contributed by atoms with Gasteiger partial charge in [-0.3, -0.25) is 9.59 Å². The molecular formula is C54H98N4O4. The zero-order valence-corrected chi connectivity index (χ0v) is 41.3. The molecule has 0 radical (unpaired) electrons. The Morgan fingerprint density at radius 3 is 2.05 bits per heavy atom.